The molecule has 0 atom stereocenters. The van der Waals surface area contributed by atoms with Gasteiger partial charge >= 0.3 is 0 Å². The third-order valence-corrected chi connectivity index (χ3v) is 6.55. The van der Waals surface area contributed by atoms with Crippen LogP contribution in [0.5, 0.6) is 11.5 Å². The lowest BCUT2D eigenvalue weighted by molar-refractivity contribution is 0.0974. The SMILES string of the molecule is COc1cc2nc(=S)n(CCCC(=O)c3cc4cc(-c5ccncc5)ccc4[nH]3)c(N)c2cc1OC. The van der Waals surface area contributed by atoms with Gasteiger partial charge in [0.05, 0.1) is 25.4 Å². The lowest BCUT2D eigenvalue weighted by Crippen LogP contribution is -2.11. The maximum absolute atomic E-state index is 12.9. The van der Waals surface area contributed by atoms with E-state index in [1.165, 1.54) is 0 Å². The minimum absolute atomic E-state index is 0.0295. The molecule has 0 saturated carbocycles. The molecule has 3 heterocycles. The number of nitrogens with two attached hydrogens (primary N) is 1. The van der Waals surface area contributed by atoms with Crippen LogP contribution in [0.1, 0.15) is 23.3 Å². The number of methoxy groups -OCH3 is 2. The maximum Gasteiger partial charge on any atom is 0.201 e. The van der Waals surface area contributed by atoms with Gasteiger partial charge in [0.25, 0.3) is 0 Å². The van der Waals surface area contributed by atoms with Crippen LogP contribution in [0.4, 0.5) is 5.82 Å². The number of nitrogen functional groups attached to an aromatic ring is 1. The summed E-state index contributed by atoms with van der Waals surface area (Å²) >= 11 is 5.48. The minimum Gasteiger partial charge on any atom is -0.493 e. The average Bonchev–Trinajstić information content (AvgIpc) is 3.34. The number of nitrogens with zero attached hydrogens (tertiary/aromatic N) is 3. The number of benzene rings is 2. The summed E-state index contributed by atoms with van der Waals surface area (Å²) in [5.41, 5.74) is 10.7. The van der Waals surface area contributed by atoms with Crippen LogP contribution in [0.3, 0.4) is 0 Å². The molecule has 0 aliphatic rings. The monoisotopic (exact) mass is 499 g/mol. The first-order chi connectivity index (χ1) is 17.5. The minimum atomic E-state index is 0.0295. The van der Waals surface area contributed by atoms with E-state index in [0.29, 0.717) is 58.1 Å². The predicted octanol–water partition coefficient (Wildman–Crippen LogP) is 5.57. The molecule has 0 aliphatic carbocycles. The Bertz CT molecular complexity index is 1640. The standard InChI is InChI=1S/C27H25N5O3S/c1-34-24-14-19-21(15-25(24)35-2)31-27(36)32(26(19)28)11-3-4-23(33)22-13-18-12-17(5-6-20(18)30-22)16-7-9-29-10-8-16/h5-10,12-15,30H,3-4,11,28H2,1-2H3. The van der Waals surface area contributed by atoms with Crippen molar-refractivity contribution in [1.29, 1.82) is 0 Å². The molecule has 9 heteroatoms. The average molecular weight is 500 g/mol. The number of anilines is 1. The van der Waals surface area contributed by atoms with E-state index in [1.54, 1.807) is 43.3 Å². The van der Waals surface area contributed by atoms with E-state index in [4.69, 9.17) is 27.4 Å². The van der Waals surface area contributed by atoms with Crippen molar-refractivity contribution in [3.63, 3.8) is 0 Å². The highest BCUT2D eigenvalue weighted by Crippen LogP contribution is 2.34. The molecule has 5 aromatic rings. The number of hydrogen-bond donors (Lipinski definition) is 2. The summed E-state index contributed by atoms with van der Waals surface area (Å²) in [7, 11) is 3.13. The Morgan fingerprint density at radius 1 is 1.03 bits per heavy atom. The Labute approximate surface area is 212 Å². The number of aromatic amines is 1. The zero-order valence-electron chi connectivity index (χ0n) is 19.9. The normalized spacial score (nSPS) is 11.2. The molecule has 0 radical (unpaired) electrons. The first-order valence-corrected chi connectivity index (χ1v) is 11.9. The summed E-state index contributed by atoms with van der Waals surface area (Å²) in [5, 5.41) is 1.70. The molecule has 0 fully saturated rings. The number of carbonyl (C=O) groups excluding carboxylic acids is 1. The van der Waals surface area contributed by atoms with E-state index in [2.05, 4.69) is 21.0 Å². The van der Waals surface area contributed by atoms with Crippen LogP contribution in [0.15, 0.2) is 60.9 Å². The number of hydrogen-bond acceptors (Lipinski definition) is 7. The molecule has 5 rings (SSSR count). The summed E-state index contributed by atoms with van der Waals surface area (Å²) in [6.45, 7) is 0.472. The van der Waals surface area contributed by atoms with Crippen molar-refractivity contribution < 1.29 is 14.3 Å². The van der Waals surface area contributed by atoms with Crippen molar-refractivity contribution in [2.45, 2.75) is 19.4 Å². The molecule has 36 heavy (non-hydrogen) atoms. The first kappa shape index (κ1) is 23.5. The van der Waals surface area contributed by atoms with Gasteiger partial charge in [-0.25, -0.2) is 4.98 Å². The van der Waals surface area contributed by atoms with Crippen molar-refractivity contribution in [3.05, 3.63) is 71.4 Å². The van der Waals surface area contributed by atoms with Crippen LogP contribution in [-0.4, -0.2) is 39.5 Å². The van der Waals surface area contributed by atoms with Gasteiger partial charge in [0.15, 0.2) is 17.3 Å². The topological polar surface area (TPSA) is 108 Å². The molecule has 0 saturated heterocycles. The number of aromatic nitrogens is 4. The van der Waals surface area contributed by atoms with Crippen molar-refractivity contribution in [3.8, 4) is 22.6 Å². The Hall–Kier alpha value is -4.24. The molecule has 3 N–H and O–H groups in total. The highest BCUT2D eigenvalue weighted by Gasteiger charge is 2.14. The summed E-state index contributed by atoms with van der Waals surface area (Å²) in [6, 6.07) is 15.5. The molecule has 0 spiro atoms. The summed E-state index contributed by atoms with van der Waals surface area (Å²) in [4.78, 5) is 24.8. The second-order valence-electron chi connectivity index (χ2n) is 8.40. The zero-order chi connectivity index (χ0) is 25.2. The number of H-pyrrole nitrogens is 1. The van der Waals surface area contributed by atoms with Crippen LogP contribution in [0, 0.1) is 4.77 Å². The molecule has 0 bridgehead atoms. The number of Topliss-reactive ketones (excluding diaryl/α,β-unsaturated/α-hetero) is 1. The van der Waals surface area contributed by atoms with Gasteiger partial charge in [-0.1, -0.05) is 6.07 Å². The molecule has 0 unspecified atom stereocenters. The lowest BCUT2D eigenvalue weighted by Gasteiger charge is -2.15. The molecular formula is C27H25N5O3S. The second-order valence-corrected chi connectivity index (χ2v) is 8.77. The van der Waals surface area contributed by atoms with Crippen LogP contribution >= 0.6 is 12.2 Å². The third-order valence-electron chi connectivity index (χ3n) is 6.24. The van der Waals surface area contributed by atoms with Gasteiger partial charge in [-0.05, 0) is 66.2 Å². The van der Waals surface area contributed by atoms with E-state index < -0.39 is 0 Å². The number of rotatable bonds is 8. The largest absolute Gasteiger partial charge is 0.493 e. The van der Waals surface area contributed by atoms with Gasteiger partial charge in [0, 0.05) is 47.7 Å². The number of carbonyl (C=O) groups is 1. The van der Waals surface area contributed by atoms with Gasteiger partial charge < -0.3 is 24.8 Å². The smallest absolute Gasteiger partial charge is 0.201 e. The molecule has 182 valence electrons. The van der Waals surface area contributed by atoms with Crippen LogP contribution in [-0.2, 0) is 6.54 Å². The van der Waals surface area contributed by atoms with Crippen molar-refractivity contribution >= 4 is 45.6 Å². The van der Waals surface area contributed by atoms with Gasteiger partial charge in [0.2, 0.25) is 4.77 Å². The Kier molecular flexibility index (Phi) is 6.39. The van der Waals surface area contributed by atoms with Crippen LogP contribution < -0.4 is 15.2 Å². The second kappa shape index (κ2) is 9.79. The van der Waals surface area contributed by atoms with Crippen LogP contribution in [0.25, 0.3) is 32.9 Å². The predicted molar refractivity (Wildman–Crippen MR) is 143 cm³/mol. The van der Waals surface area contributed by atoms with Crippen molar-refractivity contribution in [2.24, 2.45) is 0 Å². The quantitative estimate of drug-likeness (QED) is 0.212. The third kappa shape index (κ3) is 4.40. The fourth-order valence-electron chi connectivity index (χ4n) is 4.33. The molecule has 2 aromatic carbocycles. The highest BCUT2D eigenvalue weighted by molar-refractivity contribution is 7.71. The molecular weight excluding hydrogens is 474 g/mol. The molecule has 3 aromatic heterocycles. The van der Waals surface area contributed by atoms with Crippen molar-refractivity contribution in [2.75, 3.05) is 20.0 Å². The highest BCUT2D eigenvalue weighted by atomic mass is 32.1. The van der Waals surface area contributed by atoms with Crippen LogP contribution in [0.2, 0.25) is 0 Å². The number of ether oxygens (including phenoxy) is 2. The first-order valence-electron chi connectivity index (χ1n) is 11.5. The van der Waals surface area contributed by atoms with E-state index in [0.717, 1.165) is 22.0 Å². The lowest BCUT2D eigenvalue weighted by atomic mass is 10.1. The molecule has 0 amide bonds. The van der Waals surface area contributed by atoms with E-state index in [1.807, 2.05) is 30.3 Å². The number of nitrogens with one attached hydrogen (secondary N) is 1. The van der Waals surface area contributed by atoms with Gasteiger partial charge in [0.1, 0.15) is 5.82 Å². The molecule has 0 aliphatic heterocycles. The van der Waals surface area contributed by atoms with E-state index >= 15 is 0 Å². The molecule has 8 nitrogen and oxygen atoms in total. The fraction of sp³-hybridized carbons (Fsp3) is 0.185. The summed E-state index contributed by atoms with van der Waals surface area (Å²) < 4.78 is 12.9. The Morgan fingerprint density at radius 3 is 2.53 bits per heavy atom. The summed E-state index contributed by atoms with van der Waals surface area (Å²) in [6.07, 6.45) is 4.44. The fourth-order valence-corrected chi connectivity index (χ4v) is 4.62. The number of fused-ring (bicyclic) bond motifs is 2. The number of pyridine rings is 1. The van der Waals surface area contributed by atoms with Gasteiger partial charge in [-0.15, -0.1) is 0 Å². The van der Waals surface area contributed by atoms with Gasteiger partial charge in [-0.2, -0.15) is 0 Å². The Morgan fingerprint density at radius 2 is 1.78 bits per heavy atom. The van der Waals surface area contributed by atoms with E-state index in [-0.39, 0.29) is 5.78 Å². The maximum atomic E-state index is 12.9. The van der Waals surface area contributed by atoms with Gasteiger partial charge in [-0.3, -0.25) is 9.78 Å². The van der Waals surface area contributed by atoms with Crippen molar-refractivity contribution in [1.82, 2.24) is 19.5 Å². The Balaban J connectivity index is 1.32. The summed E-state index contributed by atoms with van der Waals surface area (Å²) in [5.74, 6) is 1.62. The van der Waals surface area contributed by atoms with E-state index in [9.17, 15) is 4.79 Å². The zero-order valence-corrected chi connectivity index (χ0v) is 20.8. The number of ketones is 1.